The molecule has 1 aromatic carbocycles. The van der Waals surface area contributed by atoms with Gasteiger partial charge >= 0.3 is 6.29 Å². The maximum atomic E-state index is 13.1. The number of hydrogen-bond acceptors (Lipinski definition) is 4. The lowest BCUT2D eigenvalue weighted by molar-refractivity contribution is -0.286. The summed E-state index contributed by atoms with van der Waals surface area (Å²) in [7, 11) is 0. The standard InChI is InChI=1S/C16H14F2N2O3S/c1-9-8-20(15(24-9)19-14(21)10-3-2-4-10)11-5-6-12-13(7-11)23-16(17,18)22-12/h5-8,10H,2-4H2,1H3. The molecule has 126 valence electrons. The van der Waals surface area contributed by atoms with Crippen molar-refractivity contribution in [2.45, 2.75) is 32.5 Å². The molecule has 1 aliphatic heterocycles. The number of rotatable bonds is 2. The second kappa shape index (κ2) is 5.41. The molecular weight excluding hydrogens is 338 g/mol. The van der Waals surface area contributed by atoms with E-state index in [0.29, 0.717) is 10.5 Å². The monoisotopic (exact) mass is 352 g/mol. The van der Waals surface area contributed by atoms with E-state index in [-0.39, 0.29) is 23.3 Å². The summed E-state index contributed by atoms with van der Waals surface area (Å²) in [6.45, 7) is 1.90. The van der Waals surface area contributed by atoms with E-state index in [0.717, 1.165) is 24.1 Å². The molecule has 1 saturated carbocycles. The van der Waals surface area contributed by atoms with Crippen LogP contribution in [0.4, 0.5) is 8.78 Å². The molecule has 0 radical (unpaired) electrons. The Morgan fingerprint density at radius 3 is 2.79 bits per heavy atom. The number of carbonyl (C=O) groups excluding carboxylic acids is 1. The topological polar surface area (TPSA) is 52.8 Å². The highest BCUT2D eigenvalue weighted by Gasteiger charge is 2.43. The molecule has 1 fully saturated rings. The quantitative estimate of drug-likeness (QED) is 0.832. The molecular formula is C16H14F2N2O3S. The summed E-state index contributed by atoms with van der Waals surface area (Å²) in [6.07, 6.45) is 0.986. The molecule has 0 unspecified atom stereocenters. The van der Waals surface area contributed by atoms with Gasteiger partial charge in [0, 0.05) is 23.1 Å². The summed E-state index contributed by atoms with van der Waals surface area (Å²) in [5.74, 6) is -0.161. The number of alkyl halides is 2. The van der Waals surface area contributed by atoms with Crippen molar-refractivity contribution >= 4 is 17.2 Å². The number of aryl methyl sites for hydroxylation is 1. The molecule has 24 heavy (non-hydrogen) atoms. The van der Waals surface area contributed by atoms with Gasteiger partial charge in [0.1, 0.15) is 0 Å². The van der Waals surface area contributed by atoms with Crippen molar-refractivity contribution in [3.05, 3.63) is 34.1 Å². The van der Waals surface area contributed by atoms with Crippen molar-refractivity contribution in [1.29, 1.82) is 0 Å². The first-order valence-electron chi connectivity index (χ1n) is 7.59. The number of ether oxygens (including phenoxy) is 2. The van der Waals surface area contributed by atoms with Crippen LogP contribution in [0.1, 0.15) is 24.1 Å². The molecule has 2 heterocycles. The van der Waals surface area contributed by atoms with Crippen molar-refractivity contribution in [3.63, 3.8) is 0 Å². The van der Waals surface area contributed by atoms with Crippen LogP contribution >= 0.6 is 11.3 Å². The van der Waals surface area contributed by atoms with E-state index < -0.39 is 6.29 Å². The molecule has 0 saturated heterocycles. The van der Waals surface area contributed by atoms with Gasteiger partial charge in [0.2, 0.25) is 0 Å². The van der Waals surface area contributed by atoms with Gasteiger partial charge in [0.15, 0.2) is 16.3 Å². The molecule has 0 bridgehead atoms. The van der Waals surface area contributed by atoms with Gasteiger partial charge in [0.05, 0.1) is 5.69 Å². The van der Waals surface area contributed by atoms with Gasteiger partial charge in [-0.25, -0.2) is 0 Å². The maximum absolute atomic E-state index is 13.1. The molecule has 0 atom stereocenters. The van der Waals surface area contributed by atoms with Crippen LogP contribution in [0.15, 0.2) is 29.4 Å². The molecule has 1 amide bonds. The minimum absolute atomic E-state index is 0.0105. The third-order valence-corrected chi connectivity index (χ3v) is 4.99. The van der Waals surface area contributed by atoms with Crippen molar-refractivity contribution in [3.8, 4) is 17.2 Å². The molecule has 4 rings (SSSR count). The van der Waals surface area contributed by atoms with E-state index in [2.05, 4.69) is 14.5 Å². The summed E-state index contributed by atoms with van der Waals surface area (Å²) in [5, 5.41) is 0. The zero-order valence-corrected chi connectivity index (χ0v) is 13.6. The highest BCUT2D eigenvalue weighted by molar-refractivity contribution is 7.09. The fourth-order valence-electron chi connectivity index (χ4n) is 2.65. The van der Waals surface area contributed by atoms with Crippen molar-refractivity contribution in [2.75, 3.05) is 0 Å². The Kier molecular flexibility index (Phi) is 3.45. The largest absolute Gasteiger partial charge is 0.586 e. The Hall–Kier alpha value is -2.22. The van der Waals surface area contributed by atoms with Crippen LogP contribution in [0.3, 0.4) is 0 Å². The summed E-state index contributed by atoms with van der Waals surface area (Å²) < 4.78 is 36.9. The molecule has 1 aliphatic carbocycles. The normalized spacial score (nSPS) is 19.4. The summed E-state index contributed by atoms with van der Waals surface area (Å²) >= 11 is 1.38. The van der Waals surface area contributed by atoms with E-state index in [1.807, 2.05) is 13.1 Å². The predicted molar refractivity (Wildman–Crippen MR) is 82.5 cm³/mol. The van der Waals surface area contributed by atoms with Gasteiger partial charge < -0.3 is 9.47 Å². The number of hydrogen-bond donors (Lipinski definition) is 0. The van der Waals surface area contributed by atoms with Crippen molar-refractivity contribution in [2.24, 2.45) is 10.9 Å². The zero-order chi connectivity index (χ0) is 16.9. The van der Waals surface area contributed by atoms with Gasteiger partial charge in [-0.2, -0.15) is 4.99 Å². The van der Waals surface area contributed by atoms with Gasteiger partial charge in [-0.3, -0.25) is 9.36 Å². The van der Waals surface area contributed by atoms with Crippen LogP contribution in [0.25, 0.3) is 5.69 Å². The fraction of sp³-hybridized carbons (Fsp3) is 0.375. The van der Waals surface area contributed by atoms with E-state index in [4.69, 9.17) is 0 Å². The second-order valence-corrected chi connectivity index (χ2v) is 7.08. The lowest BCUT2D eigenvalue weighted by Crippen LogP contribution is -2.26. The summed E-state index contributed by atoms with van der Waals surface area (Å²) in [4.78, 5) is 17.8. The van der Waals surface area contributed by atoms with Gasteiger partial charge in [0.25, 0.3) is 5.91 Å². The third kappa shape index (κ3) is 2.71. The molecule has 5 nitrogen and oxygen atoms in total. The van der Waals surface area contributed by atoms with E-state index in [1.165, 1.54) is 23.5 Å². The predicted octanol–water partition coefficient (Wildman–Crippen LogP) is 3.40. The van der Waals surface area contributed by atoms with Crippen LogP contribution in [0.2, 0.25) is 0 Å². The van der Waals surface area contributed by atoms with Crippen LogP contribution < -0.4 is 14.3 Å². The Morgan fingerprint density at radius 1 is 1.33 bits per heavy atom. The minimum atomic E-state index is -3.65. The Labute approximate surface area is 140 Å². The van der Waals surface area contributed by atoms with Crippen molar-refractivity contribution < 1.29 is 23.0 Å². The number of halogens is 2. The van der Waals surface area contributed by atoms with Crippen molar-refractivity contribution in [1.82, 2.24) is 4.57 Å². The van der Waals surface area contributed by atoms with Crippen LogP contribution in [-0.4, -0.2) is 16.8 Å². The highest BCUT2D eigenvalue weighted by atomic mass is 32.1. The molecule has 2 aromatic rings. The number of thiazole rings is 1. The lowest BCUT2D eigenvalue weighted by Gasteiger charge is -2.20. The van der Waals surface area contributed by atoms with E-state index in [1.54, 1.807) is 10.6 Å². The maximum Gasteiger partial charge on any atom is 0.586 e. The fourth-order valence-corrected chi connectivity index (χ4v) is 3.48. The first kappa shape index (κ1) is 15.3. The number of nitrogens with zero attached hydrogens (tertiary/aromatic N) is 2. The van der Waals surface area contributed by atoms with Gasteiger partial charge in [-0.15, -0.1) is 20.1 Å². The molecule has 2 aliphatic rings. The molecule has 8 heteroatoms. The highest BCUT2D eigenvalue weighted by Crippen LogP contribution is 2.41. The number of carbonyl (C=O) groups is 1. The van der Waals surface area contributed by atoms with Gasteiger partial charge in [-0.1, -0.05) is 6.42 Å². The van der Waals surface area contributed by atoms with E-state index in [9.17, 15) is 13.6 Å². The average Bonchev–Trinajstić information content (AvgIpc) is 2.93. The second-order valence-electron chi connectivity index (χ2n) is 5.87. The van der Waals surface area contributed by atoms with Gasteiger partial charge in [-0.05, 0) is 31.9 Å². The van der Waals surface area contributed by atoms with E-state index >= 15 is 0 Å². The summed E-state index contributed by atoms with van der Waals surface area (Å²) in [6, 6.07) is 4.50. The minimum Gasteiger partial charge on any atom is -0.395 e. The Balaban J connectivity index is 1.73. The van der Waals surface area contributed by atoms with Crippen LogP contribution in [-0.2, 0) is 4.79 Å². The smallest absolute Gasteiger partial charge is 0.395 e. The number of amides is 1. The summed E-state index contributed by atoms with van der Waals surface area (Å²) in [5.41, 5.74) is 0.583. The first-order valence-corrected chi connectivity index (χ1v) is 8.41. The average molecular weight is 352 g/mol. The van der Waals surface area contributed by atoms with Crippen LogP contribution in [0, 0.1) is 12.8 Å². The van der Waals surface area contributed by atoms with Crippen LogP contribution in [0.5, 0.6) is 11.5 Å². The lowest BCUT2D eigenvalue weighted by atomic mass is 9.85. The molecule has 0 spiro atoms. The number of aromatic nitrogens is 1. The zero-order valence-electron chi connectivity index (χ0n) is 12.8. The molecule has 1 aromatic heterocycles. The number of fused-ring (bicyclic) bond motifs is 1. The third-order valence-electron chi connectivity index (χ3n) is 4.09. The Morgan fingerprint density at radius 2 is 2.08 bits per heavy atom. The first-order chi connectivity index (χ1) is 11.4. The Bertz CT molecular complexity index is 884. The SMILES string of the molecule is Cc1cn(-c2ccc3c(c2)OC(F)(F)O3)c(=NC(=O)C2CCC2)s1. The number of benzene rings is 1. The molecule has 0 N–H and O–H groups in total.